The molecular formula is C12H12N2OS2. The Hall–Kier alpha value is -1.46. The maximum absolute atomic E-state index is 5.62. The quantitative estimate of drug-likeness (QED) is 0.842. The van der Waals surface area contributed by atoms with Gasteiger partial charge in [0.15, 0.2) is 0 Å². The first kappa shape index (κ1) is 12.0. The van der Waals surface area contributed by atoms with E-state index in [1.807, 2.05) is 6.07 Å². The lowest BCUT2D eigenvalue weighted by Crippen LogP contribution is -2.11. The fourth-order valence-corrected chi connectivity index (χ4v) is 2.16. The Balaban J connectivity index is 1.90. The van der Waals surface area contributed by atoms with Gasteiger partial charge in [0.05, 0.1) is 6.61 Å². The summed E-state index contributed by atoms with van der Waals surface area (Å²) in [4.78, 5) is 5.65. The van der Waals surface area contributed by atoms with Gasteiger partial charge in [-0.3, -0.25) is 4.98 Å². The van der Waals surface area contributed by atoms with Gasteiger partial charge in [0.1, 0.15) is 16.4 Å². The van der Waals surface area contributed by atoms with Crippen LogP contribution in [-0.2, 0) is 6.42 Å². The standard InChI is InChI=1S/C12H12N2OS2/c13-12(16)11-8-9(3-5-14-11)15-6-4-10-2-1-7-17-10/h1-3,5,7-8H,4,6H2,(H2,13,16). The Bertz CT molecular complexity index is 497. The van der Waals surface area contributed by atoms with Crippen molar-refractivity contribution >= 4 is 28.5 Å². The van der Waals surface area contributed by atoms with Crippen LogP contribution in [0.15, 0.2) is 35.8 Å². The molecule has 2 aromatic rings. The van der Waals surface area contributed by atoms with Crippen molar-refractivity contribution in [3.05, 3.63) is 46.4 Å². The average molecular weight is 264 g/mol. The van der Waals surface area contributed by atoms with Crippen LogP contribution >= 0.6 is 23.6 Å². The van der Waals surface area contributed by atoms with E-state index < -0.39 is 0 Å². The van der Waals surface area contributed by atoms with Crippen molar-refractivity contribution in [2.75, 3.05) is 6.61 Å². The molecule has 0 spiro atoms. The van der Waals surface area contributed by atoms with E-state index in [-0.39, 0.29) is 4.99 Å². The molecule has 0 radical (unpaired) electrons. The lowest BCUT2D eigenvalue weighted by atomic mass is 10.3. The van der Waals surface area contributed by atoms with Gasteiger partial charge in [-0.05, 0) is 17.5 Å². The van der Waals surface area contributed by atoms with Crippen LogP contribution in [0.3, 0.4) is 0 Å². The largest absolute Gasteiger partial charge is 0.493 e. The number of thiophene rings is 1. The van der Waals surface area contributed by atoms with Crippen molar-refractivity contribution in [1.82, 2.24) is 4.98 Å². The van der Waals surface area contributed by atoms with E-state index in [9.17, 15) is 0 Å². The highest BCUT2D eigenvalue weighted by Crippen LogP contribution is 2.13. The molecule has 0 aromatic carbocycles. The number of rotatable bonds is 5. The lowest BCUT2D eigenvalue weighted by molar-refractivity contribution is 0.322. The summed E-state index contributed by atoms with van der Waals surface area (Å²) in [7, 11) is 0. The summed E-state index contributed by atoms with van der Waals surface area (Å²) in [6.07, 6.45) is 2.55. The van der Waals surface area contributed by atoms with Crippen molar-refractivity contribution in [3.63, 3.8) is 0 Å². The van der Waals surface area contributed by atoms with Gasteiger partial charge in [0.25, 0.3) is 0 Å². The van der Waals surface area contributed by atoms with Gasteiger partial charge in [0, 0.05) is 23.6 Å². The molecule has 0 aliphatic heterocycles. The van der Waals surface area contributed by atoms with E-state index in [4.69, 9.17) is 22.7 Å². The zero-order valence-electron chi connectivity index (χ0n) is 9.13. The van der Waals surface area contributed by atoms with Crippen LogP contribution in [0.4, 0.5) is 0 Å². The number of hydrogen-bond donors (Lipinski definition) is 1. The lowest BCUT2D eigenvalue weighted by Gasteiger charge is -2.06. The van der Waals surface area contributed by atoms with Crippen LogP contribution in [0.5, 0.6) is 5.75 Å². The van der Waals surface area contributed by atoms with Crippen molar-refractivity contribution in [2.45, 2.75) is 6.42 Å². The molecule has 5 heteroatoms. The zero-order chi connectivity index (χ0) is 12.1. The summed E-state index contributed by atoms with van der Waals surface area (Å²) < 4.78 is 5.62. The summed E-state index contributed by atoms with van der Waals surface area (Å²) in [6.45, 7) is 0.640. The second-order valence-corrected chi connectivity index (χ2v) is 4.89. The molecule has 0 saturated heterocycles. The molecule has 0 atom stereocenters. The highest BCUT2D eigenvalue weighted by Gasteiger charge is 2.01. The Kier molecular flexibility index (Phi) is 4.06. The third-order valence-corrected chi connectivity index (χ3v) is 3.33. The van der Waals surface area contributed by atoms with Crippen molar-refractivity contribution in [3.8, 4) is 5.75 Å². The highest BCUT2D eigenvalue weighted by atomic mass is 32.1. The minimum absolute atomic E-state index is 0.286. The number of aromatic nitrogens is 1. The zero-order valence-corrected chi connectivity index (χ0v) is 10.8. The number of thiocarbonyl (C=S) groups is 1. The summed E-state index contributed by atoms with van der Waals surface area (Å²) in [5, 5.41) is 2.06. The van der Waals surface area contributed by atoms with Gasteiger partial charge in [-0.25, -0.2) is 0 Å². The Morgan fingerprint density at radius 3 is 3.06 bits per heavy atom. The van der Waals surface area contributed by atoms with Crippen LogP contribution in [-0.4, -0.2) is 16.6 Å². The van der Waals surface area contributed by atoms with Gasteiger partial charge in [0.2, 0.25) is 0 Å². The van der Waals surface area contributed by atoms with Crippen LogP contribution in [0.2, 0.25) is 0 Å². The fraction of sp³-hybridized carbons (Fsp3) is 0.167. The fourth-order valence-electron chi connectivity index (χ4n) is 1.36. The third-order valence-electron chi connectivity index (χ3n) is 2.18. The van der Waals surface area contributed by atoms with E-state index in [0.29, 0.717) is 12.3 Å². The van der Waals surface area contributed by atoms with Crippen LogP contribution < -0.4 is 10.5 Å². The van der Waals surface area contributed by atoms with Gasteiger partial charge >= 0.3 is 0 Å². The second-order valence-electron chi connectivity index (χ2n) is 3.42. The molecule has 0 bridgehead atoms. The van der Waals surface area contributed by atoms with E-state index in [1.54, 1.807) is 29.7 Å². The highest BCUT2D eigenvalue weighted by molar-refractivity contribution is 7.80. The molecule has 0 aliphatic rings. The van der Waals surface area contributed by atoms with Crippen LogP contribution in [0.25, 0.3) is 0 Å². The van der Waals surface area contributed by atoms with Gasteiger partial charge in [-0.1, -0.05) is 18.3 Å². The first-order valence-electron chi connectivity index (χ1n) is 5.17. The van der Waals surface area contributed by atoms with Crippen LogP contribution in [0.1, 0.15) is 10.6 Å². The van der Waals surface area contributed by atoms with Crippen molar-refractivity contribution in [2.24, 2.45) is 5.73 Å². The number of nitrogens with zero attached hydrogens (tertiary/aromatic N) is 1. The monoisotopic (exact) mass is 264 g/mol. The minimum atomic E-state index is 0.286. The maximum atomic E-state index is 5.62. The van der Waals surface area contributed by atoms with E-state index >= 15 is 0 Å². The topological polar surface area (TPSA) is 48.1 Å². The Labute approximate surface area is 109 Å². The van der Waals surface area contributed by atoms with Crippen molar-refractivity contribution < 1.29 is 4.74 Å². The smallest absolute Gasteiger partial charge is 0.123 e. The number of hydrogen-bond acceptors (Lipinski definition) is 4. The summed E-state index contributed by atoms with van der Waals surface area (Å²) in [6, 6.07) is 7.70. The molecule has 0 saturated carbocycles. The number of ether oxygens (including phenoxy) is 1. The van der Waals surface area contributed by atoms with Gasteiger partial charge in [-0.2, -0.15) is 0 Å². The van der Waals surface area contributed by atoms with Crippen molar-refractivity contribution in [1.29, 1.82) is 0 Å². The van der Waals surface area contributed by atoms with Gasteiger partial charge in [-0.15, -0.1) is 11.3 Å². The molecular weight excluding hydrogens is 252 g/mol. The minimum Gasteiger partial charge on any atom is -0.493 e. The predicted molar refractivity (Wildman–Crippen MR) is 73.6 cm³/mol. The number of pyridine rings is 1. The Morgan fingerprint density at radius 2 is 2.35 bits per heavy atom. The molecule has 3 nitrogen and oxygen atoms in total. The van der Waals surface area contributed by atoms with E-state index in [0.717, 1.165) is 12.2 Å². The summed E-state index contributed by atoms with van der Waals surface area (Å²) in [5.41, 5.74) is 6.09. The Morgan fingerprint density at radius 1 is 1.47 bits per heavy atom. The second kappa shape index (κ2) is 5.75. The molecule has 0 unspecified atom stereocenters. The molecule has 2 heterocycles. The normalized spacial score (nSPS) is 10.1. The first-order valence-corrected chi connectivity index (χ1v) is 6.45. The summed E-state index contributed by atoms with van der Waals surface area (Å²) >= 11 is 6.59. The third kappa shape index (κ3) is 3.51. The SMILES string of the molecule is NC(=S)c1cc(OCCc2cccs2)ccn1. The molecule has 0 fully saturated rings. The van der Waals surface area contributed by atoms with E-state index in [1.165, 1.54) is 4.88 Å². The summed E-state index contributed by atoms with van der Waals surface area (Å²) in [5.74, 6) is 0.749. The number of nitrogens with two attached hydrogens (primary N) is 1. The molecule has 0 aliphatic carbocycles. The van der Waals surface area contributed by atoms with Gasteiger partial charge < -0.3 is 10.5 Å². The molecule has 17 heavy (non-hydrogen) atoms. The van der Waals surface area contributed by atoms with E-state index in [2.05, 4.69) is 16.4 Å². The average Bonchev–Trinajstić information content (AvgIpc) is 2.82. The molecule has 0 amide bonds. The molecule has 2 N–H and O–H groups in total. The molecule has 2 aromatic heterocycles. The first-order chi connectivity index (χ1) is 8.25. The predicted octanol–water partition coefficient (Wildman–Crippen LogP) is 2.40. The molecule has 88 valence electrons. The van der Waals surface area contributed by atoms with Crippen LogP contribution in [0, 0.1) is 0 Å². The molecule has 2 rings (SSSR count). The maximum Gasteiger partial charge on any atom is 0.123 e.